The van der Waals surface area contributed by atoms with Gasteiger partial charge in [-0.1, -0.05) is 12.1 Å². The molecule has 2 unspecified atom stereocenters. The third kappa shape index (κ3) is 4.73. The Balaban J connectivity index is 2.06. The molecule has 2 atom stereocenters. The van der Waals surface area contributed by atoms with E-state index in [0.717, 1.165) is 4.31 Å². The molecule has 1 saturated heterocycles. The van der Waals surface area contributed by atoms with Gasteiger partial charge in [0.1, 0.15) is 11.0 Å². The number of likely N-dealkylation sites (N-methyl/N-ethyl adjacent to an activating group) is 1. The zero-order valence-electron chi connectivity index (χ0n) is 15.8. The number of anilines is 1. The van der Waals surface area contributed by atoms with E-state index in [2.05, 4.69) is 16.2 Å². The molecule has 0 spiro atoms. The Labute approximate surface area is 155 Å². The molecule has 1 aromatic carbocycles. The number of hydrogen-bond donors (Lipinski definition) is 3. The van der Waals surface area contributed by atoms with Crippen molar-refractivity contribution in [3.8, 4) is 5.75 Å². The van der Waals surface area contributed by atoms with Crippen LogP contribution in [0.5, 0.6) is 5.75 Å². The van der Waals surface area contributed by atoms with Gasteiger partial charge in [0.05, 0.1) is 18.3 Å². The third-order valence-corrected chi connectivity index (χ3v) is 6.70. The first-order valence-corrected chi connectivity index (χ1v) is 10.1. The number of benzene rings is 1. The summed E-state index contributed by atoms with van der Waals surface area (Å²) in [5.74, 6) is 0.128. The van der Waals surface area contributed by atoms with Crippen molar-refractivity contribution in [3.63, 3.8) is 0 Å². The summed E-state index contributed by atoms with van der Waals surface area (Å²) in [6, 6.07) is 6.57. The number of hydrazine groups is 1. The van der Waals surface area contributed by atoms with E-state index in [-0.39, 0.29) is 24.7 Å². The molecular weight excluding hydrogens is 356 g/mol. The molecule has 1 aliphatic rings. The highest BCUT2D eigenvalue weighted by Crippen LogP contribution is 2.25. The van der Waals surface area contributed by atoms with Crippen LogP contribution in [0.4, 0.5) is 5.69 Å². The number of nitrogens with one attached hydrogen (secondary N) is 3. The van der Waals surface area contributed by atoms with Gasteiger partial charge in [0.15, 0.2) is 0 Å². The van der Waals surface area contributed by atoms with Crippen LogP contribution in [0.3, 0.4) is 0 Å². The van der Waals surface area contributed by atoms with Crippen LogP contribution in [0.1, 0.15) is 27.7 Å². The second-order valence-electron chi connectivity index (χ2n) is 6.84. The quantitative estimate of drug-likeness (QED) is 0.647. The number of carbonyl (C=O) groups excluding carboxylic acids is 1. The van der Waals surface area contributed by atoms with Crippen LogP contribution in [0.15, 0.2) is 24.3 Å². The lowest BCUT2D eigenvalue weighted by Gasteiger charge is -2.25. The second-order valence-corrected chi connectivity index (χ2v) is 9.04. The number of sulfonamides is 1. The molecule has 1 amide bonds. The molecule has 2 rings (SSSR count). The zero-order chi connectivity index (χ0) is 19.5. The third-order valence-electron chi connectivity index (χ3n) is 4.19. The van der Waals surface area contributed by atoms with Gasteiger partial charge in [-0.05, 0) is 39.8 Å². The van der Waals surface area contributed by atoms with Crippen LogP contribution in [0, 0.1) is 0 Å². The Morgan fingerprint density at radius 1 is 1.23 bits per heavy atom. The summed E-state index contributed by atoms with van der Waals surface area (Å²) in [5, 5.41) is 2.09. The Bertz CT molecular complexity index is 728. The molecule has 3 N–H and O–H groups in total. The number of ether oxygens (including phenoxy) is 1. The molecule has 26 heavy (non-hydrogen) atoms. The van der Waals surface area contributed by atoms with Gasteiger partial charge in [0, 0.05) is 19.1 Å². The molecule has 1 heterocycles. The standard InChI is InChI=1S/C17H28N4O4S/c1-11(2)25-15-9-7-6-8-14(15)18-16(22)10-21(5)26(23,24)17-12(3)19-20-13(17)4/h6-9,11-13,17,19-20H,10H2,1-5H3,(H,18,22). The van der Waals surface area contributed by atoms with Crippen molar-refractivity contribution in [2.24, 2.45) is 0 Å². The first kappa shape index (κ1) is 20.6. The highest BCUT2D eigenvalue weighted by molar-refractivity contribution is 7.89. The summed E-state index contributed by atoms with van der Waals surface area (Å²) in [6.45, 7) is 7.11. The fourth-order valence-corrected chi connectivity index (χ4v) is 4.87. The van der Waals surface area contributed by atoms with Gasteiger partial charge in [-0.15, -0.1) is 0 Å². The average Bonchev–Trinajstić information content (AvgIpc) is 2.88. The van der Waals surface area contributed by atoms with E-state index in [1.807, 2.05) is 19.9 Å². The number of amides is 1. The maximum Gasteiger partial charge on any atom is 0.239 e. The Morgan fingerprint density at radius 2 is 1.81 bits per heavy atom. The van der Waals surface area contributed by atoms with Crippen LogP contribution in [0.2, 0.25) is 0 Å². The maximum absolute atomic E-state index is 12.8. The number of rotatable bonds is 7. The highest BCUT2D eigenvalue weighted by Gasteiger charge is 2.42. The van der Waals surface area contributed by atoms with Crippen molar-refractivity contribution < 1.29 is 17.9 Å². The van der Waals surface area contributed by atoms with Gasteiger partial charge in [-0.3, -0.25) is 15.6 Å². The minimum atomic E-state index is -3.64. The smallest absolute Gasteiger partial charge is 0.239 e. The normalized spacial score (nSPS) is 23.4. The van der Waals surface area contributed by atoms with E-state index in [9.17, 15) is 13.2 Å². The van der Waals surface area contributed by atoms with Gasteiger partial charge in [-0.2, -0.15) is 4.31 Å². The molecule has 9 heteroatoms. The largest absolute Gasteiger partial charge is 0.489 e. The number of carbonyl (C=O) groups is 1. The molecule has 0 aliphatic carbocycles. The van der Waals surface area contributed by atoms with Gasteiger partial charge >= 0.3 is 0 Å². The first-order valence-electron chi connectivity index (χ1n) is 8.64. The number of hydrogen-bond acceptors (Lipinski definition) is 6. The van der Waals surface area contributed by atoms with Crippen LogP contribution in [-0.4, -0.2) is 55.7 Å². The summed E-state index contributed by atoms with van der Waals surface area (Å²) in [6.07, 6.45) is -0.0403. The molecule has 1 aliphatic heterocycles. The predicted octanol–water partition coefficient (Wildman–Crippen LogP) is 0.927. The lowest BCUT2D eigenvalue weighted by atomic mass is 10.2. The van der Waals surface area contributed by atoms with Crippen LogP contribution in [0.25, 0.3) is 0 Å². The lowest BCUT2D eigenvalue weighted by Crippen LogP contribution is -2.47. The van der Waals surface area contributed by atoms with Crippen molar-refractivity contribution in [1.82, 2.24) is 15.2 Å². The summed E-state index contributed by atoms with van der Waals surface area (Å²) >= 11 is 0. The van der Waals surface area contributed by atoms with Gasteiger partial charge in [-0.25, -0.2) is 8.42 Å². The van der Waals surface area contributed by atoms with Crippen molar-refractivity contribution in [2.45, 2.75) is 51.1 Å². The molecule has 0 aromatic heterocycles. The molecule has 8 nitrogen and oxygen atoms in total. The Hall–Kier alpha value is -1.68. The van der Waals surface area contributed by atoms with Gasteiger partial charge in [0.2, 0.25) is 15.9 Å². The first-order chi connectivity index (χ1) is 12.1. The minimum absolute atomic E-state index is 0.0403. The van der Waals surface area contributed by atoms with E-state index in [1.165, 1.54) is 7.05 Å². The summed E-state index contributed by atoms with van der Waals surface area (Å²) < 4.78 is 32.4. The topological polar surface area (TPSA) is 99.8 Å². The molecule has 0 radical (unpaired) electrons. The van der Waals surface area contributed by atoms with E-state index >= 15 is 0 Å². The fraction of sp³-hybridized carbons (Fsp3) is 0.588. The van der Waals surface area contributed by atoms with Crippen LogP contribution in [-0.2, 0) is 14.8 Å². The maximum atomic E-state index is 12.8. The number of para-hydroxylation sites is 2. The summed E-state index contributed by atoms with van der Waals surface area (Å²) in [5.41, 5.74) is 6.37. The SMILES string of the molecule is CC(C)Oc1ccccc1NC(=O)CN(C)S(=O)(=O)C1C(C)NNC1C. The molecule has 1 aromatic rings. The molecule has 0 saturated carbocycles. The van der Waals surface area contributed by atoms with E-state index < -0.39 is 21.2 Å². The predicted molar refractivity (Wildman–Crippen MR) is 101 cm³/mol. The van der Waals surface area contributed by atoms with Crippen molar-refractivity contribution >= 4 is 21.6 Å². The summed E-state index contributed by atoms with van der Waals surface area (Å²) in [7, 11) is -2.22. The van der Waals surface area contributed by atoms with Crippen molar-refractivity contribution in [3.05, 3.63) is 24.3 Å². The van der Waals surface area contributed by atoms with Gasteiger partial charge < -0.3 is 10.1 Å². The van der Waals surface area contributed by atoms with E-state index in [4.69, 9.17) is 4.74 Å². The van der Waals surface area contributed by atoms with Gasteiger partial charge in [0.25, 0.3) is 0 Å². The fourth-order valence-electron chi connectivity index (χ4n) is 2.99. The summed E-state index contributed by atoms with van der Waals surface area (Å²) in [4.78, 5) is 12.4. The molecule has 146 valence electrons. The van der Waals surface area contributed by atoms with E-state index in [1.54, 1.807) is 32.0 Å². The second kappa shape index (κ2) is 8.34. The zero-order valence-corrected chi connectivity index (χ0v) is 16.6. The van der Waals surface area contributed by atoms with Crippen LogP contribution >= 0.6 is 0 Å². The van der Waals surface area contributed by atoms with Crippen molar-refractivity contribution in [1.29, 1.82) is 0 Å². The number of nitrogens with zero attached hydrogens (tertiary/aromatic N) is 1. The molecular formula is C17H28N4O4S. The molecule has 0 bridgehead atoms. The minimum Gasteiger partial charge on any atom is -0.489 e. The van der Waals surface area contributed by atoms with Crippen molar-refractivity contribution in [2.75, 3.05) is 18.9 Å². The van der Waals surface area contributed by atoms with Crippen LogP contribution < -0.4 is 20.9 Å². The highest BCUT2D eigenvalue weighted by atomic mass is 32.2. The Kier molecular flexibility index (Phi) is 6.62. The average molecular weight is 385 g/mol. The lowest BCUT2D eigenvalue weighted by molar-refractivity contribution is -0.116. The Morgan fingerprint density at radius 3 is 2.38 bits per heavy atom. The van der Waals surface area contributed by atoms with E-state index in [0.29, 0.717) is 11.4 Å². The monoisotopic (exact) mass is 384 g/mol. The molecule has 1 fully saturated rings.